The van der Waals surface area contributed by atoms with Gasteiger partial charge in [-0.1, -0.05) is 48.5 Å². The topological polar surface area (TPSA) is 79.2 Å². The minimum Gasteiger partial charge on any atom is -0.508 e. The molecule has 4 aromatic carbocycles. The smallest absolute Gasteiger partial charge is 0.160 e. The molecular weight excluding hydrogens is 416 g/mol. The number of rotatable bonds is 6. The second-order valence-corrected chi connectivity index (χ2v) is 8.02. The molecule has 0 aliphatic carbocycles. The van der Waals surface area contributed by atoms with E-state index in [2.05, 4.69) is 19.1 Å². The molecule has 3 N–H and O–H groups in total. The Balaban J connectivity index is 1.88. The van der Waals surface area contributed by atoms with Crippen molar-refractivity contribution < 1.29 is 24.8 Å². The summed E-state index contributed by atoms with van der Waals surface area (Å²) in [6.07, 6.45) is 0. The summed E-state index contributed by atoms with van der Waals surface area (Å²) in [6, 6.07) is 25.9. The Kier molecular flexibility index (Phi) is 5.88. The predicted octanol–water partition coefficient (Wildman–Crippen LogP) is 5.84. The van der Waals surface area contributed by atoms with Crippen LogP contribution in [0, 0.1) is 0 Å². The van der Waals surface area contributed by atoms with Gasteiger partial charge < -0.3 is 24.8 Å². The normalized spacial score (nSPS) is 11.2. The van der Waals surface area contributed by atoms with E-state index in [1.165, 1.54) is 14.2 Å². The minimum atomic E-state index is -0.643. The molecule has 0 amide bonds. The van der Waals surface area contributed by atoms with Crippen LogP contribution in [0.5, 0.6) is 28.7 Å². The van der Waals surface area contributed by atoms with Gasteiger partial charge in [-0.3, -0.25) is 0 Å². The summed E-state index contributed by atoms with van der Waals surface area (Å²) in [6.45, 7) is 2.08. The number of aromatic hydroxyl groups is 3. The first-order chi connectivity index (χ1) is 15.9. The van der Waals surface area contributed by atoms with Crippen molar-refractivity contribution >= 4 is 0 Å². The van der Waals surface area contributed by atoms with Crippen LogP contribution < -0.4 is 9.47 Å². The highest BCUT2D eigenvalue weighted by Gasteiger charge is 2.33. The van der Waals surface area contributed by atoms with E-state index < -0.39 is 5.41 Å². The number of benzene rings is 4. The van der Waals surface area contributed by atoms with Crippen molar-refractivity contribution in [2.24, 2.45) is 0 Å². The number of phenols is 3. The van der Waals surface area contributed by atoms with E-state index in [9.17, 15) is 15.3 Å². The zero-order valence-electron chi connectivity index (χ0n) is 18.7. The van der Waals surface area contributed by atoms with E-state index in [0.29, 0.717) is 11.5 Å². The van der Waals surface area contributed by atoms with Gasteiger partial charge in [-0.15, -0.1) is 0 Å². The van der Waals surface area contributed by atoms with Gasteiger partial charge >= 0.3 is 0 Å². The molecule has 5 heteroatoms. The largest absolute Gasteiger partial charge is 0.508 e. The number of phenolic OH excluding ortho intramolecular Hbond substituents is 3. The summed E-state index contributed by atoms with van der Waals surface area (Å²) in [7, 11) is 3.04. The first-order valence-corrected chi connectivity index (χ1v) is 10.5. The average molecular weight is 443 g/mol. The molecule has 0 bridgehead atoms. The summed E-state index contributed by atoms with van der Waals surface area (Å²) in [5, 5.41) is 29.9. The van der Waals surface area contributed by atoms with Gasteiger partial charge in [0.15, 0.2) is 23.0 Å². The predicted molar refractivity (Wildman–Crippen MR) is 128 cm³/mol. The van der Waals surface area contributed by atoms with E-state index in [1.807, 2.05) is 48.5 Å². The summed E-state index contributed by atoms with van der Waals surface area (Å²) in [5.41, 5.74) is 4.19. The number of hydrogen-bond acceptors (Lipinski definition) is 5. The molecule has 4 aromatic rings. The Morgan fingerprint density at radius 3 is 1.36 bits per heavy atom. The quantitative estimate of drug-likeness (QED) is 0.327. The van der Waals surface area contributed by atoms with Gasteiger partial charge in [0.05, 0.1) is 14.2 Å². The zero-order chi connectivity index (χ0) is 23.6. The zero-order valence-corrected chi connectivity index (χ0v) is 18.7. The number of hydrogen-bond donors (Lipinski definition) is 3. The third-order valence-corrected chi connectivity index (χ3v) is 6.18. The molecule has 0 aromatic heterocycles. The van der Waals surface area contributed by atoms with Gasteiger partial charge in [-0.05, 0) is 71.1 Å². The van der Waals surface area contributed by atoms with Gasteiger partial charge in [0.2, 0.25) is 0 Å². The molecule has 0 aliphatic heterocycles. The van der Waals surface area contributed by atoms with Crippen LogP contribution in [-0.4, -0.2) is 29.5 Å². The molecule has 5 nitrogen and oxygen atoms in total. The van der Waals surface area contributed by atoms with Crippen molar-refractivity contribution in [3.63, 3.8) is 0 Å². The van der Waals surface area contributed by atoms with Gasteiger partial charge in [-0.2, -0.15) is 0 Å². The lowest BCUT2D eigenvalue weighted by Gasteiger charge is -2.32. The number of methoxy groups -OCH3 is 2. The molecular formula is C28H26O5. The molecule has 0 spiro atoms. The molecule has 0 unspecified atom stereocenters. The molecule has 0 atom stereocenters. The van der Waals surface area contributed by atoms with Crippen molar-refractivity contribution in [1.29, 1.82) is 0 Å². The van der Waals surface area contributed by atoms with Crippen LogP contribution >= 0.6 is 0 Å². The van der Waals surface area contributed by atoms with Crippen LogP contribution in [0.2, 0.25) is 0 Å². The highest BCUT2D eigenvalue weighted by molar-refractivity contribution is 5.66. The Morgan fingerprint density at radius 1 is 0.545 bits per heavy atom. The fourth-order valence-electron chi connectivity index (χ4n) is 4.13. The van der Waals surface area contributed by atoms with Gasteiger partial charge in [0, 0.05) is 5.41 Å². The maximum atomic E-state index is 10.1. The highest BCUT2D eigenvalue weighted by atomic mass is 16.5. The lowest BCUT2D eigenvalue weighted by molar-refractivity contribution is 0.371. The second kappa shape index (κ2) is 8.79. The molecule has 0 aliphatic rings. The van der Waals surface area contributed by atoms with E-state index in [1.54, 1.807) is 24.3 Å². The molecule has 0 heterocycles. The second-order valence-electron chi connectivity index (χ2n) is 8.02. The van der Waals surface area contributed by atoms with Crippen molar-refractivity contribution in [3.8, 4) is 39.9 Å². The van der Waals surface area contributed by atoms with Crippen LogP contribution in [0.3, 0.4) is 0 Å². The minimum absolute atomic E-state index is 0.0644. The Bertz CT molecular complexity index is 1210. The maximum Gasteiger partial charge on any atom is 0.160 e. The first kappa shape index (κ1) is 22.1. The summed E-state index contributed by atoms with van der Waals surface area (Å²) >= 11 is 0. The Morgan fingerprint density at radius 2 is 0.939 bits per heavy atom. The lowest BCUT2D eigenvalue weighted by Crippen LogP contribution is -2.25. The van der Waals surface area contributed by atoms with Crippen LogP contribution in [0.4, 0.5) is 0 Å². The summed E-state index contributed by atoms with van der Waals surface area (Å²) in [5.74, 6) is 1.12. The van der Waals surface area contributed by atoms with Crippen molar-refractivity contribution in [2.75, 3.05) is 14.2 Å². The highest BCUT2D eigenvalue weighted by Crippen LogP contribution is 2.44. The van der Waals surface area contributed by atoms with E-state index in [0.717, 1.165) is 27.8 Å². The van der Waals surface area contributed by atoms with Gasteiger partial charge in [0.25, 0.3) is 0 Å². The Hall–Kier alpha value is -4.12. The molecule has 0 saturated carbocycles. The molecule has 0 radical (unpaired) electrons. The van der Waals surface area contributed by atoms with Crippen LogP contribution in [0.15, 0.2) is 84.9 Å². The fourth-order valence-corrected chi connectivity index (χ4v) is 4.13. The monoisotopic (exact) mass is 442 g/mol. The van der Waals surface area contributed by atoms with E-state index >= 15 is 0 Å². The number of ether oxygens (including phenoxy) is 2. The van der Waals surface area contributed by atoms with Crippen molar-refractivity contribution in [1.82, 2.24) is 0 Å². The fraction of sp³-hybridized carbons (Fsp3) is 0.143. The summed E-state index contributed by atoms with van der Waals surface area (Å²) in [4.78, 5) is 0. The maximum absolute atomic E-state index is 10.1. The Labute approximate surface area is 193 Å². The average Bonchev–Trinajstić information content (AvgIpc) is 2.84. The van der Waals surface area contributed by atoms with Crippen LogP contribution in [-0.2, 0) is 5.41 Å². The summed E-state index contributed by atoms with van der Waals surface area (Å²) < 4.78 is 10.7. The molecule has 0 saturated heterocycles. The van der Waals surface area contributed by atoms with Crippen LogP contribution in [0.1, 0.15) is 23.6 Å². The lowest BCUT2D eigenvalue weighted by atomic mass is 9.70. The SMILES string of the molecule is COc1cc(C(C)(c2ccc(-c3ccc(O)cc3)cc2)c2ccc(O)c(OC)c2)ccc1O. The van der Waals surface area contributed by atoms with Gasteiger partial charge in [0.1, 0.15) is 5.75 Å². The molecule has 0 fully saturated rings. The molecule has 168 valence electrons. The van der Waals surface area contributed by atoms with Crippen molar-refractivity contribution in [2.45, 2.75) is 12.3 Å². The third-order valence-electron chi connectivity index (χ3n) is 6.18. The van der Waals surface area contributed by atoms with Crippen molar-refractivity contribution in [3.05, 3.63) is 102 Å². The third kappa shape index (κ3) is 4.05. The van der Waals surface area contributed by atoms with E-state index in [4.69, 9.17) is 9.47 Å². The first-order valence-electron chi connectivity index (χ1n) is 10.5. The molecule has 33 heavy (non-hydrogen) atoms. The standard InChI is InChI=1S/C28H26O5/c1-28(21-10-14-24(30)26(16-21)32-2,22-11-15-25(31)27(17-22)33-3)20-8-4-18(5-9-20)19-6-12-23(29)13-7-19/h4-17,29-31H,1-3H3. The van der Waals surface area contributed by atoms with Gasteiger partial charge in [-0.25, -0.2) is 0 Å². The van der Waals surface area contributed by atoms with E-state index in [-0.39, 0.29) is 17.2 Å². The molecule has 4 rings (SSSR count). The van der Waals surface area contributed by atoms with Crippen LogP contribution in [0.25, 0.3) is 11.1 Å².